The Hall–Kier alpha value is -1.59. The molecule has 1 aromatic rings. The normalized spacial score (nSPS) is 26.5. The fraction of sp³-hybridized carbons (Fsp3) is 0.632. The van der Waals surface area contributed by atoms with Crippen molar-refractivity contribution < 1.29 is 14.6 Å². The molecule has 1 aliphatic carbocycles. The van der Waals surface area contributed by atoms with Crippen LogP contribution in [0.3, 0.4) is 0 Å². The Morgan fingerprint density at radius 1 is 1.33 bits per heavy atom. The number of hydrogen-bond donors (Lipinski definition) is 1. The summed E-state index contributed by atoms with van der Waals surface area (Å²) in [5, 5.41) is 9.38. The van der Waals surface area contributed by atoms with Crippen LogP contribution >= 0.6 is 0 Å². The van der Waals surface area contributed by atoms with E-state index in [0.29, 0.717) is 12.5 Å². The van der Waals surface area contributed by atoms with Crippen molar-refractivity contribution in [3.63, 3.8) is 0 Å². The average molecular weight is 332 g/mol. The molecule has 5 nitrogen and oxygen atoms in total. The van der Waals surface area contributed by atoms with Crippen LogP contribution in [0.4, 0.5) is 0 Å². The lowest BCUT2D eigenvalue weighted by Crippen LogP contribution is -2.42. The molecule has 1 aliphatic heterocycles. The van der Waals surface area contributed by atoms with Crippen molar-refractivity contribution in [2.24, 2.45) is 5.92 Å². The van der Waals surface area contributed by atoms with Crippen LogP contribution in [-0.2, 0) is 4.79 Å². The number of likely N-dealkylation sites (tertiary alicyclic amines) is 1. The highest BCUT2D eigenvalue weighted by Gasteiger charge is 2.32. The number of carbonyl (C=O) groups excluding carboxylic acids is 1. The fourth-order valence-corrected chi connectivity index (χ4v) is 3.91. The maximum absolute atomic E-state index is 12.7. The molecule has 5 heteroatoms. The van der Waals surface area contributed by atoms with Gasteiger partial charge in [0.1, 0.15) is 5.75 Å². The van der Waals surface area contributed by atoms with E-state index in [1.165, 1.54) is 5.56 Å². The van der Waals surface area contributed by atoms with Gasteiger partial charge in [-0.25, -0.2) is 0 Å². The van der Waals surface area contributed by atoms with Crippen molar-refractivity contribution in [3.05, 3.63) is 29.8 Å². The fourth-order valence-electron chi connectivity index (χ4n) is 3.91. The minimum atomic E-state index is -0.128. The molecule has 2 fully saturated rings. The molecular formula is C19H28N2O3. The van der Waals surface area contributed by atoms with E-state index in [0.717, 1.165) is 44.5 Å². The summed E-state index contributed by atoms with van der Waals surface area (Å²) in [5.41, 5.74) is 1.19. The van der Waals surface area contributed by atoms with Crippen molar-refractivity contribution in [1.82, 2.24) is 9.80 Å². The van der Waals surface area contributed by atoms with Gasteiger partial charge in [-0.3, -0.25) is 9.69 Å². The van der Waals surface area contributed by atoms with Crippen molar-refractivity contribution in [2.45, 2.75) is 37.8 Å². The van der Waals surface area contributed by atoms with Crippen LogP contribution in [0.15, 0.2) is 24.3 Å². The Labute approximate surface area is 144 Å². The molecule has 0 spiro atoms. The number of likely N-dealkylation sites (N-methyl/N-ethyl adjacent to an activating group) is 1. The monoisotopic (exact) mass is 332 g/mol. The first-order valence-corrected chi connectivity index (χ1v) is 8.87. The quantitative estimate of drug-likeness (QED) is 0.866. The van der Waals surface area contributed by atoms with E-state index in [1.54, 1.807) is 7.11 Å². The Morgan fingerprint density at radius 3 is 2.67 bits per heavy atom. The highest BCUT2D eigenvalue weighted by atomic mass is 16.5. The van der Waals surface area contributed by atoms with Gasteiger partial charge in [-0.05, 0) is 56.3 Å². The summed E-state index contributed by atoms with van der Waals surface area (Å²) in [4.78, 5) is 16.8. The van der Waals surface area contributed by atoms with Gasteiger partial charge in [0.25, 0.3) is 0 Å². The molecule has 2 aliphatic rings. The molecule has 0 aromatic heterocycles. The zero-order chi connectivity index (χ0) is 17.1. The van der Waals surface area contributed by atoms with Gasteiger partial charge in [-0.1, -0.05) is 12.1 Å². The lowest BCUT2D eigenvalue weighted by atomic mass is 9.82. The first-order chi connectivity index (χ1) is 11.6. The molecule has 3 rings (SSSR count). The van der Waals surface area contributed by atoms with Crippen LogP contribution in [0.2, 0.25) is 0 Å². The van der Waals surface area contributed by atoms with Gasteiger partial charge >= 0.3 is 0 Å². The first kappa shape index (κ1) is 17.2. The smallest absolute Gasteiger partial charge is 0.237 e. The maximum Gasteiger partial charge on any atom is 0.237 e. The predicted octanol–water partition coefficient (Wildman–Crippen LogP) is 2.06. The minimum absolute atomic E-state index is 0.128. The molecule has 132 valence electrons. The van der Waals surface area contributed by atoms with E-state index < -0.39 is 0 Å². The number of benzene rings is 1. The molecule has 1 saturated heterocycles. The zero-order valence-electron chi connectivity index (χ0n) is 14.6. The van der Waals surface area contributed by atoms with E-state index in [1.807, 2.05) is 24.1 Å². The highest BCUT2D eigenvalue weighted by Crippen LogP contribution is 2.33. The molecule has 0 radical (unpaired) electrons. The number of amides is 1. The third-order valence-electron chi connectivity index (χ3n) is 5.26. The van der Waals surface area contributed by atoms with E-state index in [4.69, 9.17) is 4.74 Å². The summed E-state index contributed by atoms with van der Waals surface area (Å²) in [6, 6.07) is 8.24. The van der Waals surface area contributed by atoms with Crippen molar-refractivity contribution >= 4 is 5.91 Å². The minimum Gasteiger partial charge on any atom is -0.497 e. The molecule has 1 aromatic carbocycles. The van der Waals surface area contributed by atoms with Crippen molar-refractivity contribution in [3.8, 4) is 5.75 Å². The second-order valence-corrected chi connectivity index (χ2v) is 7.21. The second-order valence-electron chi connectivity index (χ2n) is 7.21. The van der Waals surface area contributed by atoms with Gasteiger partial charge in [-0.2, -0.15) is 0 Å². The summed E-state index contributed by atoms with van der Waals surface area (Å²) >= 11 is 0. The molecule has 0 bridgehead atoms. The van der Waals surface area contributed by atoms with E-state index in [-0.39, 0.29) is 18.1 Å². The number of methoxy groups -OCH3 is 1. The molecule has 1 atom stereocenters. The number of aliphatic hydroxyl groups excluding tert-OH is 1. The molecule has 1 amide bonds. The van der Waals surface area contributed by atoms with E-state index >= 15 is 0 Å². The van der Waals surface area contributed by atoms with Gasteiger partial charge in [0.05, 0.1) is 25.8 Å². The standard InChI is InChI=1S/C19H28N2O3/c1-20(12-14-10-16(22)11-14)13-19(23)21-9-3-4-18(21)15-5-7-17(24-2)8-6-15/h5-8,14,16,18,22H,3-4,9-13H2,1-2H3. The molecular weight excluding hydrogens is 304 g/mol. The number of rotatable bonds is 6. The van der Waals surface area contributed by atoms with Crippen LogP contribution in [0.25, 0.3) is 0 Å². The topological polar surface area (TPSA) is 53.0 Å². The van der Waals surface area contributed by atoms with Crippen molar-refractivity contribution in [2.75, 3.05) is 33.8 Å². The number of carbonyl (C=O) groups is 1. The summed E-state index contributed by atoms with van der Waals surface area (Å²) in [7, 11) is 3.67. The van der Waals surface area contributed by atoms with Crippen molar-refractivity contribution in [1.29, 1.82) is 0 Å². The maximum atomic E-state index is 12.7. The summed E-state index contributed by atoms with van der Waals surface area (Å²) in [6.45, 7) is 2.19. The SMILES string of the molecule is COc1ccc(C2CCCN2C(=O)CN(C)CC2CC(O)C2)cc1. The van der Waals surface area contributed by atoms with Crippen LogP contribution in [0.5, 0.6) is 5.75 Å². The predicted molar refractivity (Wildman–Crippen MR) is 92.9 cm³/mol. The van der Waals surface area contributed by atoms with E-state index in [9.17, 15) is 9.90 Å². The number of aliphatic hydroxyl groups is 1. The lowest BCUT2D eigenvalue weighted by molar-refractivity contribution is -0.133. The molecule has 1 N–H and O–H groups in total. The van der Waals surface area contributed by atoms with Gasteiger partial charge < -0.3 is 14.7 Å². The van der Waals surface area contributed by atoms with Crippen LogP contribution < -0.4 is 4.74 Å². The van der Waals surface area contributed by atoms with Gasteiger partial charge in [0.2, 0.25) is 5.91 Å². The Kier molecular flexibility index (Phi) is 5.41. The highest BCUT2D eigenvalue weighted by molar-refractivity contribution is 5.79. The van der Waals surface area contributed by atoms with Crippen LogP contribution in [-0.4, -0.2) is 60.7 Å². The average Bonchev–Trinajstić information content (AvgIpc) is 3.03. The summed E-state index contributed by atoms with van der Waals surface area (Å²) in [5.74, 6) is 1.58. The second kappa shape index (κ2) is 7.53. The Balaban J connectivity index is 1.56. The Morgan fingerprint density at radius 2 is 2.04 bits per heavy atom. The number of hydrogen-bond acceptors (Lipinski definition) is 4. The number of nitrogens with zero attached hydrogens (tertiary/aromatic N) is 2. The van der Waals surface area contributed by atoms with E-state index in [2.05, 4.69) is 17.0 Å². The molecule has 24 heavy (non-hydrogen) atoms. The summed E-state index contributed by atoms with van der Waals surface area (Å²) in [6.07, 6.45) is 3.70. The molecule has 1 heterocycles. The lowest BCUT2D eigenvalue weighted by Gasteiger charge is -2.35. The zero-order valence-corrected chi connectivity index (χ0v) is 14.6. The third kappa shape index (κ3) is 3.90. The molecule has 1 unspecified atom stereocenters. The summed E-state index contributed by atoms with van der Waals surface area (Å²) < 4.78 is 5.21. The Bertz CT molecular complexity index is 554. The number of ether oxygens (including phenoxy) is 1. The van der Waals surface area contributed by atoms with Crippen LogP contribution in [0, 0.1) is 5.92 Å². The van der Waals surface area contributed by atoms with Gasteiger partial charge in [0, 0.05) is 13.1 Å². The van der Waals surface area contributed by atoms with Gasteiger partial charge in [-0.15, -0.1) is 0 Å². The largest absolute Gasteiger partial charge is 0.497 e. The third-order valence-corrected chi connectivity index (χ3v) is 5.26. The first-order valence-electron chi connectivity index (χ1n) is 8.87. The molecule has 1 saturated carbocycles. The van der Waals surface area contributed by atoms with Crippen LogP contribution in [0.1, 0.15) is 37.3 Å². The van der Waals surface area contributed by atoms with Gasteiger partial charge in [0.15, 0.2) is 0 Å².